The Bertz CT molecular complexity index is 1670. The molecule has 0 bridgehead atoms. The molecule has 9 nitrogen and oxygen atoms in total. The highest BCUT2D eigenvalue weighted by atomic mass is 31.2. The Labute approximate surface area is 263 Å². The number of amides is 2. The van der Waals surface area contributed by atoms with Gasteiger partial charge in [0.25, 0.3) is 11.8 Å². The molecule has 0 aliphatic heterocycles. The van der Waals surface area contributed by atoms with Gasteiger partial charge in [-0.25, -0.2) is 4.39 Å². The third-order valence-electron chi connectivity index (χ3n) is 7.45. The van der Waals surface area contributed by atoms with E-state index in [0.717, 1.165) is 29.9 Å². The van der Waals surface area contributed by atoms with E-state index in [9.17, 15) is 18.5 Å². The van der Waals surface area contributed by atoms with Crippen molar-refractivity contribution < 1.29 is 32.0 Å². The summed E-state index contributed by atoms with van der Waals surface area (Å²) in [5, 5.41) is 6.21. The molecule has 1 aromatic heterocycles. The van der Waals surface area contributed by atoms with Crippen molar-refractivity contribution in [2.24, 2.45) is 0 Å². The molecule has 3 aromatic carbocycles. The van der Waals surface area contributed by atoms with Gasteiger partial charge in [-0.2, -0.15) is 0 Å². The standard InChI is InChI=1S/C34H41FN3O6P/c1-6-38(7-2)29-22-30-28(31(34(40)36-5)32(44-30)23-14-16-26(35)17-15-23)21-27(29)24-12-10-13-25(20-24)33(39)37-18-11-19-45(41,42-8-3)43-9-4/h10,12-17,20-22H,6-9,11,18-19H2,1-5H3,(H,36,40)(H,37,39). The Hall–Kier alpha value is -3.98. The molecule has 2 amide bonds. The molecular formula is C34H41FN3O6P. The Kier molecular flexibility index (Phi) is 11.6. The quantitative estimate of drug-likeness (QED) is 0.103. The highest BCUT2D eigenvalue weighted by molar-refractivity contribution is 7.53. The first kappa shape index (κ1) is 33.9. The highest BCUT2D eigenvalue weighted by Gasteiger charge is 2.25. The van der Waals surface area contributed by atoms with Crippen molar-refractivity contribution in [3.63, 3.8) is 0 Å². The van der Waals surface area contributed by atoms with Gasteiger partial charge >= 0.3 is 7.60 Å². The van der Waals surface area contributed by atoms with Crippen molar-refractivity contribution >= 4 is 36.1 Å². The minimum absolute atomic E-state index is 0.209. The van der Waals surface area contributed by atoms with E-state index in [2.05, 4.69) is 29.4 Å². The third kappa shape index (κ3) is 7.82. The molecule has 0 fully saturated rings. The average molecular weight is 638 g/mol. The molecule has 0 saturated heterocycles. The van der Waals surface area contributed by atoms with Gasteiger partial charge in [-0.15, -0.1) is 0 Å². The Morgan fingerprint density at radius 2 is 1.60 bits per heavy atom. The van der Waals surface area contributed by atoms with Crippen LogP contribution in [-0.4, -0.2) is 57.9 Å². The number of fused-ring (bicyclic) bond motifs is 1. The van der Waals surface area contributed by atoms with E-state index in [-0.39, 0.29) is 37.0 Å². The van der Waals surface area contributed by atoms with Crippen LogP contribution in [0.25, 0.3) is 33.4 Å². The number of hydrogen-bond acceptors (Lipinski definition) is 7. The number of carbonyl (C=O) groups is 2. The second-order valence-corrected chi connectivity index (χ2v) is 12.5. The first-order valence-electron chi connectivity index (χ1n) is 15.3. The maximum atomic E-state index is 13.7. The smallest absolute Gasteiger partial charge is 0.330 e. The van der Waals surface area contributed by atoms with Crippen LogP contribution in [0.15, 0.2) is 65.1 Å². The second kappa shape index (κ2) is 15.3. The first-order chi connectivity index (χ1) is 21.7. The van der Waals surface area contributed by atoms with Gasteiger partial charge in [0.05, 0.1) is 24.9 Å². The second-order valence-electron chi connectivity index (χ2n) is 10.3. The van der Waals surface area contributed by atoms with Crippen LogP contribution in [0, 0.1) is 5.82 Å². The average Bonchev–Trinajstić information content (AvgIpc) is 3.42. The summed E-state index contributed by atoms with van der Waals surface area (Å²) in [4.78, 5) is 28.5. The van der Waals surface area contributed by atoms with Gasteiger partial charge in [-0.3, -0.25) is 14.2 Å². The normalized spacial score (nSPS) is 11.5. The number of rotatable bonds is 15. The highest BCUT2D eigenvalue weighted by Crippen LogP contribution is 2.48. The van der Waals surface area contributed by atoms with E-state index in [0.29, 0.717) is 46.4 Å². The van der Waals surface area contributed by atoms with Gasteiger partial charge < -0.3 is 29.0 Å². The van der Waals surface area contributed by atoms with E-state index >= 15 is 0 Å². The summed E-state index contributed by atoms with van der Waals surface area (Å²) in [6.07, 6.45) is 0.644. The summed E-state index contributed by atoms with van der Waals surface area (Å²) in [6.45, 7) is 9.95. The van der Waals surface area contributed by atoms with E-state index < -0.39 is 7.60 Å². The minimum Gasteiger partial charge on any atom is -0.455 e. The lowest BCUT2D eigenvalue weighted by Crippen LogP contribution is -2.25. The zero-order valence-electron chi connectivity index (χ0n) is 26.4. The molecule has 4 rings (SSSR count). The molecule has 240 valence electrons. The minimum atomic E-state index is -3.18. The number of nitrogens with one attached hydrogen (secondary N) is 2. The van der Waals surface area contributed by atoms with Crippen molar-refractivity contribution in [2.75, 3.05) is 51.0 Å². The molecule has 0 unspecified atom stereocenters. The van der Waals surface area contributed by atoms with Gasteiger partial charge in [-0.1, -0.05) is 12.1 Å². The molecule has 4 aromatic rings. The van der Waals surface area contributed by atoms with Crippen LogP contribution >= 0.6 is 7.60 Å². The maximum absolute atomic E-state index is 13.7. The van der Waals surface area contributed by atoms with E-state index in [1.807, 2.05) is 30.3 Å². The fourth-order valence-electron chi connectivity index (χ4n) is 5.31. The number of furan rings is 1. The van der Waals surface area contributed by atoms with Crippen molar-refractivity contribution in [3.8, 4) is 22.5 Å². The predicted octanol–water partition coefficient (Wildman–Crippen LogP) is 7.50. The van der Waals surface area contributed by atoms with Crippen LogP contribution in [0.4, 0.5) is 10.1 Å². The van der Waals surface area contributed by atoms with Crippen LogP contribution in [0.1, 0.15) is 54.8 Å². The fraction of sp³-hybridized carbons (Fsp3) is 0.353. The van der Waals surface area contributed by atoms with Crippen LogP contribution in [-0.2, 0) is 13.6 Å². The van der Waals surface area contributed by atoms with Crippen molar-refractivity contribution in [2.45, 2.75) is 34.1 Å². The summed E-state index contributed by atoms with van der Waals surface area (Å²) in [6, 6.07) is 16.9. The third-order valence-corrected chi connectivity index (χ3v) is 9.62. The predicted molar refractivity (Wildman–Crippen MR) is 177 cm³/mol. The van der Waals surface area contributed by atoms with Crippen molar-refractivity contribution in [1.82, 2.24) is 10.6 Å². The van der Waals surface area contributed by atoms with Crippen LogP contribution in [0.5, 0.6) is 0 Å². The van der Waals surface area contributed by atoms with E-state index in [4.69, 9.17) is 13.5 Å². The summed E-state index contributed by atoms with van der Waals surface area (Å²) in [5.41, 5.74) is 4.40. The van der Waals surface area contributed by atoms with Gasteiger partial charge in [0.15, 0.2) is 0 Å². The molecule has 0 radical (unpaired) electrons. The Morgan fingerprint density at radius 1 is 0.911 bits per heavy atom. The number of benzene rings is 3. The van der Waals surface area contributed by atoms with Gasteiger partial charge in [-0.05, 0) is 82.1 Å². The molecule has 0 atom stereocenters. The van der Waals surface area contributed by atoms with Crippen molar-refractivity contribution in [1.29, 1.82) is 0 Å². The number of carbonyl (C=O) groups excluding carboxylic acids is 2. The van der Waals surface area contributed by atoms with Crippen LogP contribution in [0.3, 0.4) is 0 Å². The first-order valence-corrected chi connectivity index (χ1v) is 17.0. The van der Waals surface area contributed by atoms with Gasteiger partial charge in [0.1, 0.15) is 17.2 Å². The zero-order valence-corrected chi connectivity index (χ0v) is 27.3. The summed E-state index contributed by atoms with van der Waals surface area (Å²) >= 11 is 0. The maximum Gasteiger partial charge on any atom is 0.330 e. The summed E-state index contributed by atoms with van der Waals surface area (Å²) < 4.78 is 43.4. The van der Waals surface area contributed by atoms with Crippen LogP contribution in [0.2, 0.25) is 0 Å². The number of halogens is 1. The van der Waals surface area contributed by atoms with Gasteiger partial charge in [0, 0.05) is 60.5 Å². The summed E-state index contributed by atoms with van der Waals surface area (Å²) in [5.74, 6) is -0.639. The number of anilines is 1. The lowest BCUT2D eigenvalue weighted by Gasteiger charge is -2.24. The SMILES string of the molecule is CCOP(=O)(CCCNC(=O)c1cccc(-c2cc3c(C(=O)NC)c(-c4ccc(F)cc4)oc3cc2N(CC)CC)c1)OCC. The molecule has 0 aliphatic rings. The molecule has 11 heteroatoms. The topological polar surface area (TPSA) is 110 Å². The van der Waals surface area contributed by atoms with Gasteiger partial charge in [0.2, 0.25) is 0 Å². The van der Waals surface area contributed by atoms with Crippen LogP contribution < -0.4 is 15.5 Å². The Balaban J connectivity index is 1.72. The lowest BCUT2D eigenvalue weighted by molar-refractivity contribution is 0.0949. The monoisotopic (exact) mass is 637 g/mol. The molecule has 0 saturated carbocycles. The molecule has 0 spiro atoms. The number of nitrogens with zero attached hydrogens (tertiary/aromatic N) is 1. The largest absolute Gasteiger partial charge is 0.455 e. The molecule has 1 heterocycles. The molecular weight excluding hydrogens is 596 g/mol. The zero-order chi connectivity index (χ0) is 32.6. The van der Waals surface area contributed by atoms with E-state index in [1.54, 1.807) is 39.1 Å². The fourth-order valence-corrected chi connectivity index (χ4v) is 6.97. The Morgan fingerprint density at radius 3 is 2.22 bits per heavy atom. The lowest BCUT2D eigenvalue weighted by atomic mass is 9.96. The number of hydrogen-bond donors (Lipinski definition) is 2. The summed E-state index contributed by atoms with van der Waals surface area (Å²) in [7, 11) is -1.63. The van der Waals surface area contributed by atoms with E-state index in [1.165, 1.54) is 12.1 Å². The molecule has 45 heavy (non-hydrogen) atoms. The molecule has 2 N–H and O–H groups in total. The van der Waals surface area contributed by atoms with Crippen molar-refractivity contribution in [3.05, 3.63) is 77.6 Å². The molecule has 0 aliphatic carbocycles.